The summed E-state index contributed by atoms with van der Waals surface area (Å²) in [7, 11) is 3.07. The van der Waals surface area contributed by atoms with Crippen molar-refractivity contribution in [1.82, 2.24) is 10.2 Å². The van der Waals surface area contributed by atoms with E-state index in [1.54, 1.807) is 37.4 Å². The fourth-order valence-corrected chi connectivity index (χ4v) is 4.76. The largest absolute Gasteiger partial charge is 0.496 e. The Morgan fingerprint density at radius 2 is 1.63 bits per heavy atom. The van der Waals surface area contributed by atoms with Crippen LogP contribution in [0.5, 0.6) is 11.5 Å². The summed E-state index contributed by atoms with van der Waals surface area (Å²) in [5, 5.41) is 6.43. The van der Waals surface area contributed by atoms with Crippen LogP contribution in [0.15, 0.2) is 60.7 Å². The molecule has 10 heteroatoms. The second-order valence-corrected chi connectivity index (χ2v) is 9.58. The molecule has 0 aromatic heterocycles. The van der Waals surface area contributed by atoms with Gasteiger partial charge in [0.15, 0.2) is 5.11 Å². The summed E-state index contributed by atoms with van der Waals surface area (Å²) in [6.45, 7) is 4.41. The number of hydrogen-bond acceptors (Lipinski definition) is 6. The van der Waals surface area contributed by atoms with Crippen LogP contribution in [-0.2, 0) is 0 Å². The molecule has 1 aliphatic heterocycles. The third-order valence-electron chi connectivity index (χ3n) is 6.34. The van der Waals surface area contributed by atoms with Gasteiger partial charge in [0.25, 0.3) is 11.8 Å². The highest BCUT2D eigenvalue weighted by Crippen LogP contribution is 2.26. The zero-order chi connectivity index (χ0) is 27.2. The van der Waals surface area contributed by atoms with Crippen LogP contribution >= 0.6 is 23.8 Å². The number of para-hydroxylation sites is 1. The maximum absolute atomic E-state index is 13.1. The first-order valence-corrected chi connectivity index (χ1v) is 12.8. The van der Waals surface area contributed by atoms with Gasteiger partial charge in [-0.2, -0.15) is 0 Å². The molecule has 3 aromatic carbocycles. The topological polar surface area (TPSA) is 83.1 Å². The normalized spacial score (nSPS) is 13.1. The SMILES string of the molecule is COc1ccc(Cl)cc1C(=O)N1CCN(c2ccc(NC(=S)NC(=O)c3cccc(C)c3OC)cc2)CC1. The highest BCUT2D eigenvalue weighted by Gasteiger charge is 2.25. The number of aryl methyl sites for hydroxylation is 1. The Balaban J connectivity index is 1.32. The van der Waals surface area contributed by atoms with Gasteiger partial charge in [-0.05, 0) is 73.2 Å². The molecule has 198 valence electrons. The molecule has 1 fully saturated rings. The van der Waals surface area contributed by atoms with Crippen molar-refractivity contribution in [3.05, 3.63) is 82.4 Å². The van der Waals surface area contributed by atoms with E-state index in [9.17, 15) is 9.59 Å². The number of amides is 2. The third-order valence-corrected chi connectivity index (χ3v) is 6.78. The van der Waals surface area contributed by atoms with E-state index < -0.39 is 0 Å². The Morgan fingerprint density at radius 3 is 2.29 bits per heavy atom. The van der Waals surface area contributed by atoms with Gasteiger partial charge in [-0.25, -0.2) is 0 Å². The molecule has 0 unspecified atom stereocenters. The molecule has 2 amide bonds. The lowest BCUT2D eigenvalue weighted by Crippen LogP contribution is -2.48. The second-order valence-electron chi connectivity index (χ2n) is 8.73. The van der Waals surface area contributed by atoms with Gasteiger partial charge in [-0.3, -0.25) is 14.9 Å². The monoisotopic (exact) mass is 552 g/mol. The van der Waals surface area contributed by atoms with E-state index in [0.717, 1.165) is 16.9 Å². The standard InChI is InChI=1S/C28H29ClN4O4S/c1-18-5-4-6-22(25(18)37-3)26(34)31-28(38)30-20-8-10-21(11-9-20)32-13-15-33(16-14-32)27(35)23-17-19(29)7-12-24(23)36-2/h4-12,17H,13-16H2,1-3H3,(H2,30,31,34,38). The minimum atomic E-state index is -0.345. The highest BCUT2D eigenvalue weighted by atomic mass is 35.5. The Bertz CT molecular complexity index is 1340. The van der Waals surface area contributed by atoms with Crippen molar-refractivity contribution < 1.29 is 19.1 Å². The van der Waals surface area contributed by atoms with Crippen molar-refractivity contribution in [2.75, 3.05) is 50.6 Å². The lowest BCUT2D eigenvalue weighted by Gasteiger charge is -2.36. The highest BCUT2D eigenvalue weighted by molar-refractivity contribution is 7.80. The van der Waals surface area contributed by atoms with Crippen LogP contribution in [0.2, 0.25) is 5.02 Å². The molecule has 1 heterocycles. The number of halogens is 1. The Labute approximate surface area is 232 Å². The fraction of sp³-hybridized carbons (Fsp3) is 0.250. The number of methoxy groups -OCH3 is 2. The van der Waals surface area contributed by atoms with E-state index in [2.05, 4.69) is 15.5 Å². The summed E-state index contributed by atoms with van der Waals surface area (Å²) in [4.78, 5) is 29.8. The predicted octanol–water partition coefficient (Wildman–Crippen LogP) is 4.75. The molecule has 4 rings (SSSR count). The van der Waals surface area contributed by atoms with Crippen LogP contribution in [0.1, 0.15) is 26.3 Å². The van der Waals surface area contributed by atoms with Crippen molar-refractivity contribution in [1.29, 1.82) is 0 Å². The van der Waals surface area contributed by atoms with Crippen LogP contribution in [0.3, 0.4) is 0 Å². The summed E-state index contributed by atoms with van der Waals surface area (Å²) in [6, 6.07) is 18.2. The second kappa shape index (κ2) is 12.1. The summed E-state index contributed by atoms with van der Waals surface area (Å²) < 4.78 is 10.7. The van der Waals surface area contributed by atoms with Gasteiger partial charge in [0.2, 0.25) is 0 Å². The number of thiocarbonyl (C=S) groups is 1. The third kappa shape index (κ3) is 6.17. The molecular weight excluding hydrogens is 524 g/mol. The number of carbonyl (C=O) groups is 2. The first-order chi connectivity index (χ1) is 18.3. The average Bonchev–Trinajstić information content (AvgIpc) is 2.93. The number of piperazine rings is 1. The number of carbonyl (C=O) groups excluding carboxylic acids is 2. The lowest BCUT2D eigenvalue weighted by atomic mass is 10.1. The molecule has 0 spiro atoms. The molecule has 2 N–H and O–H groups in total. The lowest BCUT2D eigenvalue weighted by molar-refractivity contribution is 0.0743. The summed E-state index contributed by atoms with van der Waals surface area (Å²) in [5.41, 5.74) is 3.52. The van der Waals surface area contributed by atoms with Gasteiger partial charge < -0.3 is 24.6 Å². The minimum absolute atomic E-state index is 0.0950. The molecule has 0 bridgehead atoms. The number of benzene rings is 3. The molecule has 0 atom stereocenters. The van der Waals surface area contributed by atoms with Crippen LogP contribution in [0, 0.1) is 6.92 Å². The van der Waals surface area contributed by atoms with Gasteiger partial charge in [0.1, 0.15) is 11.5 Å². The first-order valence-electron chi connectivity index (χ1n) is 12.0. The maximum atomic E-state index is 13.1. The molecule has 0 saturated carbocycles. The summed E-state index contributed by atoms with van der Waals surface area (Å²) in [5.74, 6) is 0.590. The number of nitrogens with zero attached hydrogens (tertiary/aromatic N) is 2. The smallest absolute Gasteiger partial charge is 0.261 e. The Morgan fingerprint density at radius 1 is 0.921 bits per heavy atom. The number of anilines is 2. The predicted molar refractivity (Wildman–Crippen MR) is 154 cm³/mol. The molecule has 0 aliphatic carbocycles. The first kappa shape index (κ1) is 27.2. The summed E-state index contributed by atoms with van der Waals surface area (Å²) >= 11 is 11.4. The molecule has 0 radical (unpaired) electrons. The number of rotatable bonds is 6. The quantitative estimate of drug-likeness (QED) is 0.427. The van der Waals surface area contributed by atoms with E-state index >= 15 is 0 Å². The van der Waals surface area contributed by atoms with E-state index in [1.807, 2.05) is 42.2 Å². The fourth-order valence-electron chi connectivity index (χ4n) is 4.38. The van der Waals surface area contributed by atoms with Crippen molar-refractivity contribution in [3.63, 3.8) is 0 Å². The molecule has 1 saturated heterocycles. The van der Waals surface area contributed by atoms with Crippen LogP contribution in [0.25, 0.3) is 0 Å². The van der Waals surface area contributed by atoms with Gasteiger partial charge in [0, 0.05) is 42.6 Å². The van der Waals surface area contributed by atoms with Crippen LogP contribution in [0.4, 0.5) is 11.4 Å². The Kier molecular flexibility index (Phi) is 8.70. The number of ether oxygens (including phenoxy) is 2. The van der Waals surface area contributed by atoms with Gasteiger partial charge in [-0.15, -0.1) is 0 Å². The van der Waals surface area contributed by atoms with Crippen molar-refractivity contribution in [2.24, 2.45) is 0 Å². The minimum Gasteiger partial charge on any atom is -0.496 e. The molecular formula is C28H29ClN4O4S. The number of hydrogen-bond donors (Lipinski definition) is 2. The van der Waals surface area contributed by atoms with Gasteiger partial charge in [-0.1, -0.05) is 23.7 Å². The zero-order valence-electron chi connectivity index (χ0n) is 21.4. The van der Waals surface area contributed by atoms with Crippen molar-refractivity contribution >= 4 is 52.1 Å². The van der Waals surface area contributed by atoms with Crippen molar-refractivity contribution in [2.45, 2.75) is 6.92 Å². The average molecular weight is 553 g/mol. The number of nitrogens with one attached hydrogen (secondary N) is 2. The van der Waals surface area contributed by atoms with Crippen molar-refractivity contribution in [3.8, 4) is 11.5 Å². The molecule has 38 heavy (non-hydrogen) atoms. The molecule has 8 nitrogen and oxygen atoms in total. The van der Waals surface area contributed by atoms with Crippen LogP contribution in [-0.4, -0.2) is 62.2 Å². The van der Waals surface area contributed by atoms with Gasteiger partial charge >= 0.3 is 0 Å². The Hall–Kier alpha value is -3.82. The summed E-state index contributed by atoms with van der Waals surface area (Å²) in [6.07, 6.45) is 0. The molecule has 3 aromatic rings. The van der Waals surface area contributed by atoms with E-state index in [0.29, 0.717) is 53.8 Å². The van der Waals surface area contributed by atoms with E-state index in [4.69, 9.17) is 33.3 Å². The van der Waals surface area contributed by atoms with E-state index in [1.165, 1.54) is 7.11 Å². The zero-order valence-corrected chi connectivity index (χ0v) is 23.0. The van der Waals surface area contributed by atoms with Crippen LogP contribution < -0.4 is 25.0 Å². The van der Waals surface area contributed by atoms with E-state index in [-0.39, 0.29) is 16.9 Å². The molecule has 1 aliphatic rings. The van der Waals surface area contributed by atoms with Gasteiger partial charge in [0.05, 0.1) is 25.3 Å². The maximum Gasteiger partial charge on any atom is 0.261 e.